The first-order valence-corrected chi connectivity index (χ1v) is 13.3. The maximum Gasteiger partial charge on any atom is 0.407 e. The molecule has 5 rings (SSSR count). The first-order chi connectivity index (χ1) is 19.4. The molecule has 1 aliphatic heterocycles. The number of nitrogens with one attached hydrogen (secondary N) is 2. The molecule has 0 spiro atoms. The third-order valence-electron chi connectivity index (χ3n) is 7.39. The van der Waals surface area contributed by atoms with Crippen LogP contribution < -0.4 is 10.6 Å². The number of rotatable bonds is 10. The molecule has 4 unspecified atom stereocenters. The average molecular weight is 545 g/mol. The zero-order valence-corrected chi connectivity index (χ0v) is 22.1. The molecule has 0 saturated carbocycles. The highest BCUT2D eigenvalue weighted by Crippen LogP contribution is 2.44. The Morgan fingerprint density at radius 3 is 2.23 bits per heavy atom. The van der Waals surface area contributed by atoms with Gasteiger partial charge in [-0.2, -0.15) is 0 Å². The fraction of sp³-hybridized carbons (Fsp3) is 0.323. The summed E-state index contributed by atoms with van der Waals surface area (Å²) in [7, 11) is 0. The van der Waals surface area contributed by atoms with Crippen LogP contribution in [0.5, 0.6) is 0 Å². The second-order valence-electron chi connectivity index (χ2n) is 9.98. The topological polar surface area (TPSA) is 123 Å². The second kappa shape index (κ2) is 12.3. The fourth-order valence-electron chi connectivity index (χ4n) is 5.30. The number of carboxylic acid groups (broad SMARTS) is 1. The van der Waals surface area contributed by atoms with Crippen LogP contribution in [0, 0.1) is 0 Å². The van der Waals surface area contributed by atoms with Gasteiger partial charge in [-0.3, -0.25) is 4.79 Å². The number of alkyl carbamates (subject to hydrolysis) is 1. The number of aliphatic carboxylic acids is 1. The quantitative estimate of drug-likeness (QED) is 0.354. The van der Waals surface area contributed by atoms with E-state index >= 15 is 0 Å². The normalized spacial score (nSPS) is 19.2. The number of hydrogen-bond acceptors (Lipinski definition) is 6. The number of carboxylic acids is 1. The van der Waals surface area contributed by atoms with Gasteiger partial charge in [0.2, 0.25) is 0 Å². The molecule has 1 saturated heterocycles. The van der Waals surface area contributed by atoms with Crippen LogP contribution in [0.15, 0.2) is 78.9 Å². The maximum atomic E-state index is 13.0. The van der Waals surface area contributed by atoms with E-state index in [2.05, 4.69) is 22.8 Å². The summed E-state index contributed by atoms with van der Waals surface area (Å²) in [5.74, 6) is -1.96. The average Bonchev–Trinajstić information content (AvgIpc) is 3.56. The van der Waals surface area contributed by atoms with Crippen LogP contribution in [0.25, 0.3) is 11.1 Å². The molecular weight excluding hydrogens is 512 g/mol. The van der Waals surface area contributed by atoms with Crippen molar-refractivity contribution in [3.8, 4) is 11.1 Å². The van der Waals surface area contributed by atoms with Crippen LogP contribution >= 0.6 is 0 Å². The third-order valence-corrected chi connectivity index (χ3v) is 7.39. The van der Waals surface area contributed by atoms with E-state index in [0.717, 1.165) is 27.8 Å². The van der Waals surface area contributed by atoms with Gasteiger partial charge in [0.05, 0.1) is 18.8 Å². The van der Waals surface area contributed by atoms with Gasteiger partial charge in [0.25, 0.3) is 5.91 Å². The molecule has 9 nitrogen and oxygen atoms in total. The Kier molecular flexibility index (Phi) is 8.42. The highest BCUT2D eigenvalue weighted by atomic mass is 16.6. The Bertz CT molecular complexity index is 1320. The largest absolute Gasteiger partial charge is 0.480 e. The summed E-state index contributed by atoms with van der Waals surface area (Å²) in [6.45, 7) is 2.17. The van der Waals surface area contributed by atoms with Crippen molar-refractivity contribution in [1.82, 2.24) is 10.6 Å². The number of carbonyl (C=O) groups is 3. The smallest absolute Gasteiger partial charge is 0.407 e. The molecule has 1 heterocycles. The Hall–Kier alpha value is -4.21. The second-order valence-corrected chi connectivity index (χ2v) is 9.98. The lowest BCUT2D eigenvalue weighted by Gasteiger charge is -2.25. The highest BCUT2D eigenvalue weighted by molar-refractivity contribution is 5.88. The molecule has 4 atom stereocenters. The number of carbonyl (C=O) groups excluding carboxylic acids is 2. The lowest BCUT2D eigenvalue weighted by Crippen LogP contribution is -2.55. The molecule has 3 aromatic carbocycles. The monoisotopic (exact) mass is 544 g/mol. The third kappa shape index (κ3) is 6.00. The molecule has 208 valence electrons. The summed E-state index contributed by atoms with van der Waals surface area (Å²) in [5.41, 5.74) is 5.34. The predicted octanol–water partition coefficient (Wildman–Crippen LogP) is 3.86. The van der Waals surface area contributed by atoms with Gasteiger partial charge in [-0.15, -0.1) is 0 Å². The standard InChI is InChI=1S/C31H32N2O7/c1-19(39-17-20-9-3-2-4-10-20)27(30(35)36)33-29(34)28-26(15-16-38-28)32-31(37)40-18-25-23-13-7-5-11-21(23)22-12-6-8-14-24(22)25/h2-14,19,25-28H,15-18H2,1H3,(H,32,37)(H,33,34)(H,35,36). The van der Waals surface area contributed by atoms with E-state index < -0.39 is 42.3 Å². The Balaban J connectivity index is 1.16. The fourth-order valence-corrected chi connectivity index (χ4v) is 5.30. The van der Waals surface area contributed by atoms with E-state index in [0.29, 0.717) is 6.42 Å². The van der Waals surface area contributed by atoms with E-state index in [1.54, 1.807) is 6.92 Å². The van der Waals surface area contributed by atoms with Gasteiger partial charge in [-0.05, 0) is 41.2 Å². The molecular formula is C31H32N2O7. The Morgan fingerprint density at radius 1 is 0.950 bits per heavy atom. The molecule has 40 heavy (non-hydrogen) atoms. The molecule has 0 bridgehead atoms. The van der Waals surface area contributed by atoms with Crippen molar-refractivity contribution in [2.45, 2.75) is 50.2 Å². The predicted molar refractivity (Wildman–Crippen MR) is 147 cm³/mol. The number of fused-ring (bicyclic) bond motifs is 3. The maximum absolute atomic E-state index is 13.0. The van der Waals surface area contributed by atoms with E-state index in [-0.39, 0.29) is 25.7 Å². The van der Waals surface area contributed by atoms with Crippen LogP contribution in [0.4, 0.5) is 4.79 Å². The highest BCUT2D eigenvalue weighted by Gasteiger charge is 2.39. The van der Waals surface area contributed by atoms with Gasteiger partial charge in [0.1, 0.15) is 6.61 Å². The van der Waals surface area contributed by atoms with E-state index in [1.807, 2.05) is 66.7 Å². The minimum absolute atomic E-state index is 0.0919. The summed E-state index contributed by atoms with van der Waals surface area (Å²) >= 11 is 0. The molecule has 2 aliphatic rings. The van der Waals surface area contributed by atoms with Crippen molar-refractivity contribution >= 4 is 18.0 Å². The van der Waals surface area contributed by atoms with Gasteiger partial charge in [0.15, 0.2) is 12.1 Å². The van der Waals surface area contributed by atoms with E-state index in [9.17, 15) is 19.5 Å². The van der Waals surface area contributed by atoms with Gasteiger partial charge in [-0.25, -0.2) is 9.59 Å². The van der Waals surface area contributed by atoms with Crippen LogP contribution in [-0.4, -0.2) is 60.6 Å². The molecule has 0 radical (unpaired) electrons. The van der Waals surface area contributed by atoms with Crippen molar-refractivity contribution in [1.29, 1.82) is 0 Å². The van der Waals surface area contributed by atoms with Crippen molar-refractivity contribution < 1.29 is 33.7 Å². The summed E-state index contributed by atoms with van der Waals surface area (Å²) < 4.78 is 16.9. The Labute approximate surface area is 232 Å². The molecule has 1 fully saturated rings. The molecule has 9 heteroatoms. The minimum atomic E-state index is -1.30. The lowest BCUT2D eigenvalue weighted by atomic mass is 9.98. The van der Waals surface area contributed by atoms with Gasteiger partial charge < -0.3 is 30.0 Å². The van der Waals surface area contributed by atoms with Crippen molar-refractivity contribution in [2.24, 2.45) is 0 Å². The number of amides is 2. The van der Waals surface area contributed by atoms with Gasteiger partial charge >= 0.3 is 12.1 Å². The SMILES string of the molecule is CC(OCc1ccccc1)C(NC(=O)C1OCCC1NC(=O)OCC1c2ccccc2-c2ccccc21)C(=O)O. The summed E-state index contributed by atoms with van der Waals surface area (Å²) in [6, 6.07) is 23.5. The van der Waals surface area contributed by atoms with Crippen molar-refractivity contribution in [3.05, 3.63) is 95.6 Å². The molecule has 3 N–H and O–H groups in total. The molecule has 3 aromatic rings. The summed E-state index contributed by atoms with van der Waals surface area (Å²) in [4.78, 5) is 37.7. The van der Waals surface area contributed by atoms with Crippen LogP contribution in [0.3, 0.4) is 0 Å². The van der Waals surface area contributed by atoms with Crippen molar-refractivity contribution in [2.75, 3.05) is 13.2 Å². The lowest BCUT2D eigenvalue weighted by molar-refractivity contribution is -0.148. The van der Waals surface area contributed by atoms with E-state index in [4.69, 9.17) is 14.2 Å². The van der Waals surface area contributed by atoms with Gasteiger partial charge in [0, 0.05) is 12.5 Å². The number of ether oxygens (including phenoxy) is 3. The Morgan fingerprint density at radius 2 is 1.57 bits per heavy atom. The first kappa shape index (κ1) is 27.4. The summed E-state index contributed by atoms with van der Waals surface area (Å²) in [5, 5.41) is 15.0. The zero-order chi connectivity index (χ0) is 28.1. The summed E-state index contributed by atoms with van der Waals surface area (Å²) in [6.07, 6.45) is -2.13. The molecule has 1 aliphatic carbocycles. The molecule has 0 aromatic heterocycles. The van der Waals surface area contributed by atoms with Crippen LogP contribution in [-0.2, 0) is 30.4 Å². The number of hydrogen-bond donors (Lipinski definition) is 3. The van der Waals surface area contributed by atoms with E-state index in [1.165, 1.54) is 0 Å². The van der Waals surface area contributed by atoms with Crippen LogP contribution in [0.1, 0.15) is 36.0 Å². The zero-order valence-electron chi connectivity index (χ0n) is 22.1. The first-order valence-electron chi connectivity index (χ1n) is 13.3. The van der Waals surface area contributed by atoms with Crippen LogP contribution in [0.2, 0.25) is 0 Å². The minimum Gasteiger partial charge on any atom is -0.480 e. The number of benzene rings is 3. The molecule has 2 amide bonds. The van der Waals surface area contributed by atoms with Crippen molar-refractivity contribution in [3.63, 3.8) is 0 Å². The van der Waals surface area contributed by atoms with Gasteiger partial charge in [-0.1, -0.05) is 78.9 Å².